The molecule has 0 saturated carbocycles. The zero-order valence-electron chi connectivity index (χ0n) is 10.8. The summed E-state index contributed by atoms with van der Waals surface area (Å²) in [7, 11) is 0. The van der Waals surface area contributed by atoms with E-state index in [2.05, 4.69) is 4.98 Å². The number of nitrogens with two attached hydrogens (primary N) is 2. The number of aryl methyl sites for hydroxylation is 1. The molecule has 1 aromatic heterocycles. The van der Waals surface area contributed by atoms with Crippen molar-refractivity contribution in [2.24, 2.45) is 5.73 Å². The molecule has 0 radical (unpaired) electrons. The van der Waals surface area contributed by atoms with Crippen LogP contribution in [0.5, 0.6) is 0 Å². The monoisotopic (exact) mass is 253 g/mol. The van der Waals surface area contributed by atoms with Crippen molar-refractivity contribution in [2.45, 2.75) is 6.92 Å². The topological polar surface area (TPSA) is 79.4 Å². The van der Waals surface area contributed by atoms with Crippen LogP contribution in [0.4, 0.5) is 5.82 Å². The molecule has 0 amide bonds. The third-order valence-corrected chi connectivity index (χ3v) is 2.69. The number of benzene rings is 1. The summed E-state index contributed by atoms with van der Waals surface area (Å²) < 4.78 is 0. The Bertz CT molecular complexity index is 585. The molecule has 19 heavy (non-hydrogen) atoms. The summed E-state index contributed by atoms with van der Waals surface area (Å²) in [6, 6.07) is 13.5. The zero-order valence-corrected chi connectivity index (χ0v) is 10.8. The average Bonchev–Trinajstić information content (AvgIpc) is 2.40. The Morgan fingerprint density at radius 2 is 1.95 bits per heavy atom. The van der Waals surface area contributed by atoms with Crippen molar-refractivity contribution >= 4 is 17.4 Å². The van der Waals surface area contributed by atoms with Crippen LogP contribution in [0.3, 0.4) is 0 Å². The van der Waals surface area contributed by atoms with E-state index in [-0.39, 0.29) is 0 Å². The minimum atomic E-state index is 0.330. The van der Waals surface area contributed by atoms with Gasteiger partial charge in [-0.05, 0) is 18.6 Å². The summed E-state index contributed by atoms with van der Waals surface area (Å²) in [6.07, 6.45) is 3.34. The number of hydrogen-bond acceptors (Lipinski definition) is 3. The van der Waals surface area contributed by atoms with Crippen LogP contribution in [0.2, 0.25) is 0 Å². The van der Waals surface area contributed by atoms with Gasteiger partial charge in [0.05, 0.1) is 0 Å². The van der Waals surface area contributed by atoms with Gasteiger partial charge in [-0.15, -0.1) is 0 Å². The minimum absolute atomic E-state index is 0.330. The Kier molecular flexibility index (Phi) is 4.05. The fraction of sp³-hybridized carbons (Fsp3) is 0.0667. The number of pyridine rings is 1. The third-order valence-electron chi connectivity index (χ3n) is 2.69. The largest absolute Gasteiger partial charge is 0.398 e. The molecule has 0 spiro atoms. The molecule has 0 unspecified atom stereocenters. The number of aromatic nitrogens is 1. The van der Waals surface area contributed by atoms with Crippen LogP contribution in [0, 0.1) is 12.3 Å². The molecule has 2 rings (SSSR count). The van der Waals surface area contributed by atoms with Crippen molar-refractivity contribution < 1.29 is 5.32 Å². The van der Waals surface area contributed by atoms with E-state index in [1.165, 1.54) is 5.56 Å². The van der Waals surface area contributed by atoms with Crippen molar-refractivity contribution in [1.82, 2.24) is 4.98 Å². The fourth-order valence-corrected chi connectivity index (χ4v) is 1.66. The van der Waals surface area contributed by atoms with Crippen LogP contribution in [-0.2, 0) is 0 Å². The van der Waals surface area contributed by atoms with E-state index in [4.69, 9.17) is 11.1 Å². The molecule has 96 valence electrons. The summed E-state index contributed by atoms with van der Waals surface area (Å²) in [5, 5.41) is 9.58. The Labute approximate surface area is 112 Å². The maximum Gasteiger partial charge on any atom is 0.230 e. The van der Waals surface area contributed by atoms with E-state index in [9.17, 15) is 0 Å². The maximum atomic E-state index is 7.90. The first-order valence-corrected chi connectivity index (χ1v) is 6.04. The normalized spacial score (nSPS) is 11.3. The van der Waals surface area contributed by atoms with Gasteiger partial charge in [0.15, 0.2) is 0 Å². The van der Waals surface area contributed by atoms with Crippen molar-refractivity contribution in [2.75, 3.05) is 0 Å². The van der Waals surface area contributed by atoms with Gasteiger partial charge in [0.1, 0.15) is 0 Å². The smallest absolute Gasteiger partial charge is 0.230 e. The summed E-state index contributed by atoms with van der Waals surface area (Å²) in [5.41, 5.74) is 8.67. The highest BCUT2D eigenvalue weighted by atomic mass is 15.0. The number of nitrogens with zero attached hydrogens (tertiary/aromatic N) is 1. The van der Waals surface area contributed by atoms with E-state index in [1.54, 1.807) is 17.6 Å². The first kappa shape index (κ1) is 13.0. The van der Waals surface area contributed by atoms with E-state index in [0.29, 0.717) is 11.5 Å². The quantitative estimate of drug-likeness (QED) is 0.573. The van der Waals surface area contributed by atoms with Crippen LogP contribution < -0.4 is 11.1 Å². The summed E-state index contributed by atoms with van der Waals surface area (Å²) in [6.45, 7) is 2.03. The number of nitrogens with one attached hydrogen (secondary N) is 1. The van der Waals surface area contributed by atoms with E-state index in [1.807, 2.05) is 49.4 Å². The van der Waals surface area contributed by atoms with Crippen molar-refractivity contribution in [1.29, 1.82) is 5.41 Å². The highest BCUT2D eigenvalue weighted by molar-refractivity contribution is 5.90. The molecule has 4 nitrogen and oxygen atoms in total. The second-order valence-electron chi connectivity index (χ2n) is 4.32. The van der Waals surface area contributed by atoms with Gasteiger partial charge in [0, 0.05) is 24.0 Å². The van der Waals surface area contributed by atoms with Gasteiger partial charge in [-0.25, -0.2) is 10.3 Å². The van der Waals surface area contributed by atoms with Crippen molar-refractivity contribution in [3.8, 4) is 0 Å². The van der Waals surface area contributed by atoms with Gasteiger partial charge >= 0.3 is 0 Å². The SMILES string of the molecule is Cc1ccc(C(N)=CC(=N)[NH2+]c2ccccn2)cc1. The predicted molar refractivity (Wildman–Crippen MR) is 76.9 cm³/mol. The van der Waals surface area contributed by atoms with Gasteiger partial charge in [-0.3, -0.25) is 5.41 Å². The average molecular weight is 253 g/mol. The lowest BCUT2D eigenvalue weighted by atomic mass is 10.1. The zero-order chi connectivity index (χ0) is 13.7. The number of amidine groups is 1. The second kappa shape index (κ2) is 5.93. The Morgan fingerprint density at radius 3 is 2.58 bits per heavy atom. The van der Waals surface area contributed by atoms with E-state index in [0.717, 1.165) is 11.4 Å². The second-order valence-corrected chi connectivity index (χ2v) is 4.32. The van der Waals surface area contributed by atoms with Gasteiger partial charge in [0.25, 0.3) is 0 Å². The van der Waals surface area contributed by atoms with Crippen LogP contribution in [0.25, 0.3) is 5.70 Å². The lowest BCUT2D eigenvalue weighted by Crippen LogP contribution is -2.82. The van der Waals surface area contributed by atoms with E-state index < -0.39 is 0 Å². The van der Waals surface area contributed by atoms with Crippen molar-refractivity contribution in [3.63, 3.8) is 0 Å². The van der Waals surface area contributed by atoms with Crippen LogP contribution in [0.1, 0.15) is 11.1 Å². The molecular weight excluding hydrogens is 236 g/mol. The lowest BCUT2D eigenvalue weighted by Gasteiger charge is -2.02. The van der Waals surface area contributed by atoms with Gasteiger partial charge in [-0.1, -0.05) is 35.9 Å². The van der Waals surface area contributed by atoms with Gasteiger partial charge in [-0.2, -0.15) is 0 Å². The van der Waals surface area contributed by atoms with Gasteiger partial charge in [0.2, 0.25) is 11.7 Å². The first-order valence-electron chi connectivity index (χ1n) is 6.04. The van der Waals surface area contributed by atoms with Crippen LogP contribution in [0.15, 0.2) is 54.7 Å². The first-order chi connectivity index (χ1) is 9.15. The molecule has 0 bridgehead atoms. The Hall–Kier alpha value is -2.46. The maximum absolute atomic E-state index is 7.90. The highest BCUT2D eigenvalue weighted by Gasteiger charge is 2.04. The van der Waals surface area contributed by atoms with Crippen LogP contribution in [-0.4, -0.2) is 10.8 Å². The summed E-state index contributed by atoms with van der Waals surface area (Å²) in [4.78, 5) is 4.14. The summed E-state index contributed by atoms with van der Waals surface area (Å²) >= 11 is 0. The highest BCUT2D eigenvalue weighted by Crippen LogP contribution is 2.09. The van der Waals surface area contributed by atoms with Crippen LogP contribution >= 0.6 is 0 Å². The number of hydrogen-bond donors (Lipinski definition) is 3. The molecule has 1 heterocycles. The van der Waals surface area contributed by atoms with Gasteiger partial charge < -0.3 is 5.73 Å². The Balaban J connectivity index is 2.08. The lowest BCUT2D eigenvalue weighted by molar-refractivity contribution is -0.447. The molecule has 5 N–H and O–H groups in total. The Morgan fingerprint density at radius 1 is 1.21 bits per heavy atom. The molecule has 0 saturated heterocycles. The third kappa shape index (κ3) is 3.76. The van der Waals surface area contributed by atoms with E-state index >= 15 is 0 Å². The molecule has 1 aromatic carbocycles. The molecule has 0 atom stereocenters. The predicted octanol–water partition coefficient (Wildman–Crippen LogP) is 1.56. The fourth-order valence-electron chi connectivity index (χ4n) is 1.66. The molecule has 4 heteroatoms. The molecule has 0 aliphatic carbocycles. The number of rotatable bonds is 3. The summed E-state index contributed by atoms with van der Waals surface area (Å²) in [5.74, 6) is 1.08. The standard InChI is InChI=1S/C15H16N4/c1-11-5-7-12(8-6-11)13(16)10-14(17)19-15-4-2-3-9-18-15/h2-10H,16H2,1H3,(H2,17,18,19)/p+1. The minimum Gasteiger partial charge on any atom is -0.398 e. The molecule has 0 aliphatic rings. The number of quaternary nitrogens is 1. The molecular formula is C15H17N4+. The molecule has 0 aliphatic heterocycles. The molecule has 0 fully saturated rings. The molecule has 2 aromatic rings. The van der Waals surface area contributed by atoms with Crippen molar-refractivity contribution in [3.05, 3.63) is 65.9 Å².